The molecule has 0 aliphatic rings. The number of thiophene rings is 1. The number of aromatic nitrogens is 4. The second-order valence-electron chi connectivity index (χ2n) is 15.2. The summed E-state index contributed by atoms with van der Waals surface area (Å²) < 4.78 is 4.96. The Hall–Kier alpha value is -7.73. The molecular formula is C55H34N4S. The largest absolute Gasteiger partial charge is 0.308 e. The Morgan fingerprint density at radius 3 is 1.65 bits per heavy atom. The number of benzene rings is 9. The minimum absolute atomic E-state index is 0.610. The zero-order chi connectivity index (χ0) is 39.6. The van der Waals surface area contributed by atoms with E-state index < -0.39 is 0 Å². The van der Waals surface area contributed by atoms with Gasteiger partial charge in [0.15, 0.2) is 17.5 Å². The molecule has 60 heavy (non-hydrogen) atoms. The lowest BCUT2D eigenvalue weighted by molar-refractivity contribution is 1.06. The van der Waals surface area contributed by atoms with E-state index in [1.807, 2.05) is 29.5 Å². The van der Waals surface area contributed by atoms with Crippen molar-refractivity contribution in [1.82, 2.24) is 19.5 Å². The Morgan fingerprint density at radius 1 is 0.317 bits per heavy atom. The van der Waals surface area contributed by atoms with Crippen molar-refractivity contribution in [2.75, 3.05) is 0 Å². The van der Waals surface area contributed by atoms with Crippen molar-refractivity contribution < 1.29 is 0 Å². The standard InChI is InChI=1S/C55H34N4S/c1-3-15-35(16-4-1)38-30-32-47(50(34-38)59-48-27-11-9-23-43(48)44-24-10-12-28-49(44)59)55-57-53(37-18-5-2-6-19-37)56-54(58-55)40-21-13-20-39(33-40)42-25-14-26-45-46-31-29-36-17-7-8-22-41(36)51(46)60-52(42)45/h1-34H. The monoisotopic (exact) mass is 782 g/mol. The molecule has 0 N–H and O–H groups in total. The molecule has 3 heterocycles. The van der Waals surface area contributed by atoms with Gasteiger partial charge in [-0.2, -0.15) is 0 Å². The topological polar surface area (TPSA) is 43.6 Å². The second-order valence-corrected chi connectivity index (χ2v) is 16.2. The molecule has 9 aromatic carbocycles. The number of para-hydroxylation sites is 2. The fourth-order valence-electron chi connectivity index (χ4n) is 8.82. The molecule has 0 saturated heterocycles. The maximum Gasteiger partial charge on any atom is 0.166 e. The molecular weight excluding hydrogens is 749 g/mol. The van der Waals surface area contributed by atoms with Crippen molar-refractivity contribution in [2.45, 2.75) is 0 Å². The first kappa shape index (κ1) is 34.3. The van der Waals surface area contributed by atoms with Crippen molar-refractivity contribution in [1.29, 1.82) is 0 Å². The highest BCUT2D eigenvalue weighted by Crippen LogP contribution is 2.44. The number of hydrogen-bond acceptors (Lipinski definition) is 4. The van der Waals surface area contributed by atoms with E-state index in [1.54, 1.807) is 0 Å². The van der Waals surface area contributed by atoms with Crippen LogP contribution in [0.3, 0.4) is 0 Å². The quantitative estimate of drug-likeness (QED) is 0.169. The van der Waals surface area contributed by atoms with Gasteiger partial charge in [0.05, 0.1) is 16.7 Å². The van der Waals surface area contributed by atoms with E-state index in [-0.39, 0.29) is 0 Å². The number of rotatable bonds is 6. The first-order valence-electron chi connectivity index (χ1n) is 20.2. The SMILES string of the molecule is c1ccc(-c2ccc(-c3nc(-c4ccccc4)nc(-c4cccc(-c5cccc6c5sc5c7ccccc7ccc65)c4)n3)c(-n3c4ccccc4c4ccccc43)c2)cc1. The van der Waals surface area contributed by atoms with Crippen LogP contribution < -0.4 is 0 Å². The molecule has 0 aliphatic heterocycles. The summed E-state index contributed by atoms with van der Waals surface area (Å²) in [5, 5.41) is 7.51. The Labute approximate surface area is 350 Å². The summed E-state index contributed by atoms with van der Waals surface area (Å²) in [6.45, 7) is 0. The molecule has 12 rings (SSSR count). The summed E-state index contributed by atoms with van der Waals surface area (Å²) in [5.74, 6) is 1.86. The summed E-state index contributed by atoms with van der Waals surface area (Å²) >= 11 is 1.87. The van der Waals surface area contributed by atoms with Gasteiger partial charge >= 0.3 is 0 Å². The highest BCUT2D eigenvalue weighted by molar-refractivity contribution is 7.27. The number of fused-ring (bicyclic) bond motifs is 8. The van der Waals surface area contributed by atoms with Crippen LogP contribution in [0.1, 0.15) is 0 Å². The van der Waals surface area contributed by atoms with Crippen molar-refractivity contribution in [3.05, 3.63) is 206 Å². The van der Waals surface area contributed by atoms with Gasteiger partial charge in [-0.05, 0) is 63.4 Å². The van der Waals surface area contributed by atoms with E-state index in [1.165, 1.54) is 47.3 Å². The fraction of sp³-hybridized carbons (Fsp3) is 0. The van der Waals surface area contributed by atoms with Crippen molar-refractivity contribution in [3.8, 4) is 62.1 Å². The molecule has 0 atom stereocenters. The van der Waals surface area contributed by atoms with Crippen LogP contribution in [-0.4, -0.2) is 19.5 Å². The summed E-state index contributed by atoms with van der Waals surface area (Å²) in [6, 6.07) is 73.2. The van der Waals surface area contributed by atoms with Crippen LogP contribution in [0.4, 0.5) is 0 Å². The summed E-state index contributed by atoms with van der Waals surface area (Å²) in [5.41, 5.74) is 10.6. The maximum atomic E-state index is 5.37. The molecule has 3 aromatic heterocycles. The van der Waals surface area contributed by atoms with E-state index in [4.69, 9.17) is 15.0 Å². The highest BCUT2D eigenvalue weighted by Gasteiger charge is 2.21. The Balaban J connectivity index is 1.08. The van der Waals surface area contributed by atoms with Crippen molar-refractivity contribution in [3.63, 3.8) is 0 Å². The second kappa shape index (κ2) is 14.0. The third-order valence-corrected chi connectivity index (χ3v) is 12.9. The van der Waals surface area contributed by atoms with E-state index in [2.05, 4.69) is 193 Å². The van der Waals surface area contributed by atoms with Gasteiger partial charge < -0.3 is 4.57 Å². The smallest absolute Gasteiger partial charge is 0.166 e. The molecule has 12 aromatic rings. The Bertz CT molecular complexity index is 3550. The Morgan fingerprint density at radius 2 is 0.883 bits per heavy atom. The molecule has 0 spiro atoms. The lowest BCUT2D eigenvalue weighted by atomic mass is 9.99. The predicted octanol–water partition coefficient (Wildman–Crippen LogP) is 14.8. The van der Waals surface area contributed by atoms with Crippen LogP contribution in [0.2, 0.25) is 0 Å². The molecule has 0 saturated carbocycles. The van der Waals surface area contributed by atoms with Gasteiger partial charge in [-0.25, -0.2) is 15.0 Å². The first-order valence-corrected chi connectivity index (χ1v) is 21.0. The van der Waals surface area contributed by atoms with Crippen molar-refractivity contribution in [2.24, 2.45) is 0 Å². The predicted molar refractivity (Wildman–Crippen MR) is 252 cm³/mol. The van der Waals surface area contributed by atoms with E-state index in [0.717, 1.165) is 50.1 Å². The molecule has 0 amide bonds. The third kappa shape index (κ3) is 5.63. The molecule has 280 valence electrons. The summed E-state index contributed by atoms with van der Waals surface area (Å²) in [4.78, 5) is 15.8. The maximum absolute atomic E-state index is 5.37. The van der Waals surface area contributed by atoms with Crippen LogP contribution in [-0.2, 0) is 0 Å². The van der Waals surface area contributed by atoms with Gasteiger partial charge in [-0.1, -0.05) is 176 Å². The fourth-order valence-corrected chi connectivity index (χ4v) is 10.2. The van der Waals surface area contributed by atoms with Gasteiger partial charge in [-0.3, -0.25) is 0 Å². The Kier molecular flexibility index (Phi) is 8.00. The molecule has 0 unspecified atom stereocenters. The average molecular weight is 783 g/mol. The van der Waals surface area contributed by atoms with Gasteiger partial charge in [0, 0.05) is 47.6 Å². The molecule has 4 nitrogen and oxygen atoms in total. The summed E-state index contributed by atoms with van der Waals surface area (Å²) in [7, 11) is 0. The minimum Gasteiger partial charge on any atom is -0.308 e. The third-order valence-electron chi connectivity index (χ3n) is 11.7. The lowest BCUT2D eigenvalue weighted by Gasteiger charge is -2.16. The molecule has 0 radical (unpaired) electrons. The van der Waals surface area contributed by atoms with Crippen LogP contribution >= 0.6 is 11.3 Å². The van der Waals surface area contributed by atoms with Crippen LogP contribution in [0, 0.1) is 0 Å². The van der Waals surface area contributed by atoms with Crippen LogP contribution in [0.5, 0.6) is 0 Å². The van der Waals surface area contributed by atoms with Gasteiger partial charge in [0.1, 0.15) is 0 Å². The minimum atomic E-state index is 0.610. The van der Waals surface area contributed by atoms with E-state index in [0.29, 0.717) is 17.5 Å². The van der Waals surface area contributed by atoms with Gasteiger partial charge in [0.25, 0.3) is 0 Å². The molecule has 0 aliphatic carbocycles. The highest BCUT2D eigenvalue weighted by atomic mass is 32.1. The van der Waals surface area contributed by atoms with Crippen LogP contribution in [0.15, 0.2) is 206 Å². The first-order chi connectivity index (χ1) is 29.7. The molecule has 0 fully saturated rings. The summed E-state index contributed by atoms with van der Waals surface area (Å²) in [6.07, 6.45) is 0. The zero-order valence-electron chi connectivity index (χ0n) is 32.3. The normalized spacial score (nSPS) is 11.7. The van der Waals surface area contributed by atoms with Gasteiger partial charge in [0.2, 0.25) is 0 Å². The van der Waals surface area contributed by atoms with Crippen LogP contribution in [0.25, 0.3) is 115 Å². The molecule has 5 heteroatoms. The number of nitrogens with zero attached hydrogens (tertiary/aromatic N) is 4. The van der Waals surface area contributed by atoms with Crippen molar-refractivity contribution >= 4 is 64.1 Å². The zero-order valence-corrected chi connectivity index (χ0v) is 33.1. The van der Waals surface area contributed by atoms with E-state index in [9.17, 15) is 0 Å². The molecule has 0 bridgehead atoms. The average Bonchev–Trinajstić information content (AvgIpc) is 3.88. The lowest BCUT2D eigenvalue weighted by Crippen LogP contribution is -2.04. The van der Waals surface area contributed by atoms with Gasteiger partial charge in [-0.15, -0.1) is 11.3 Å². The number of hydrogen-bond donors (Lipinski definition) is 0. The van der Waals surface area contributed by atoms with E-state index >= 15 is 0 Å².